The lowest BCUT2D eigenvalue weighted by Gasteiger charge is -2.24. The lowest BCUT2D eigenvalue weighted by molar-refractivity contribution is 0.154. The molecule has 1 unspecified atom stereocenters. The van der Waals surface area contributed by atoms with Crippen molar-refractivity contribution in [3.8, 4) is 6.07 Å². The highest BCUT2D eigenvalue weighted by molar-refractivity contribution is 7.12. The molecule has 4 heteroatoms. The Morgan fingerprint density at radius 3 is 2.75 bits per heavy atom. The Labute approximate surface area is 101 Å². The molecule has 0 aliphatic rings. The molecule has 1 aromatic rings. The minimum absolute atomic E-state index is 0.108. The monoisotopic (exact) mass is 238 g/mol. The summed E-state index contributed by atoms with van der Waals surface area (Å²) in [7, 11) is 0. The number of hydrogen-bond donors (Lipinski definition) is 2. The SMILES string of the molecule is CC(NCC(C)(C)CO)c1ccc(C#N)s1. The molecule has 88 valence electrons. The lowest BCUT2D eigenvalue weighted by Crippen LogP contribution is -2.33. The molecular formula is C12H18N2OS. The van der Waals surface area contributed by atoms with Crippen molar-refractivity contribution in [2.75, 3.05) is 13.2 Å². The van der Waals surface area contributed by atoms with E-state index in [0.29, 0.717) is 0 Å². The second kappa shape index (κ2) is 5.44. The van der Waals surface area contributed by atoms with Gasteiger partial charge in [-0.1, -0.05) is 13.8 Å². The topological polar surface area (TPSA) is 56.0 Å². The van der Waals surface area contributed by atoms with Crippen LogP contribution in [0.2, 0.25) is 0 Å². The summed E-state index contributed by atoms with van der Waals surface area (Å²) in [6, 6.07) is 6.18. The summed E-state index contributed by atoms with van der Waals surface area (Å²) in [5.74, 6) is 0. The Kier molecular flexibility index (Phi) is 4.48. The van der Waals surface area contributed by atoms with Crippen molar-refractivity contribution in [2.45, 2.75) is 26.8 Å². The summed E-state index contributed by atoms with van der Waals surface area (Å²) in [4.78, 5) is 1.90. The predicted octanol–water partition coefficient (Wildman–Crippen LogP) is 2.29. The highest BCUT2D eigenvalue weighted by Gasteiger charge is 2.18. The third-order valence-electron chi connectivity index (χ3n) is 2.48. The van der Waals surface area contributed by atoms with E-state index >= 15 is 0 Å². The van der Waals surface area contributed by atoms with Crippen LogP contribution in [-0.2, 0) is 0 Å². The Balaban J connectivity index is 2.53. The standard InChI is InChI=1S/C12H18N2OS/c1-9(14-7-12(2,3)8-15)11-5-4-10(6-13)16-11/h4-5,9,14-15H,7-8H2,1-3H3. The smallest absolute Gasteiger partial charge is 0.110 e. The summed E-state index contributed by atoms with van der Waals surface area (Å²) in [5.41, 5.74) is -0.108. The minimum Gasteiger partial charge on any atom is -0.396 e. The number of aliphatic hydroxyl groups excluding tert-OH is 1. The molecule has 16 heavy (non-hydrogen) atoms. The van der Waals surface area contributed by atoms with Gasteiger partial charge >= 0.3 is 0 Å². The molecule has 1 atom stereocenters. The zero-order valence-electron chi connectivity index (χ0n) is 9.95. The van der Waals surface area contributed by atoms with Gasteiger partial charge in [0, 0.05) is 29.5 Å². The lowest BCUT2D eigenvalue weighted by atomic mass is 9.94. The maximum atomic E-state index is 9.14. The molecule has 0 saturated heterocycles. The van der Waals surface area contributed by atoms with Gasteiger partial charge in [-0.25, -0.2) is 0 Å². The Hall–Kier alpha value is -0.890. The third kappa shape index (κ3) is 3.60. The number of aliphatic hydroxyl groups is 1. The maximum Gasteiger partial charge on any atom is 0.110 e. The molecule has 1 aromatic heterocycles. The van der Waals surface area contributed by atoms with E-state index in [1.807, 2.05) is 26.0 Å². The first-order valence-electron chi connectivity index (χ1n) is 5.32. The van der Waals surface area contributed by atoms with Crippen LogP contribution in [0.15, 0.2) is 12.1 Å². The molecule has 2 N–H and O–H groups in total. The number of nitriles is 1. The van der Waals surface area contributed by atoms with Gasteiger partial charge in [-0.2, -0.15) is 5.26 Å². The molecule has 0 spiro atoms. The van der Waals surface area contributed by atoms with Gasteiger partial charge in [-0.15, -0.1) is 11.3 Å². The third-order valence-corrected chi connectivity index (χ3v) is 3.65. The van der Waals surface area contributed by atoms with Crippen LogP contribution in [0.3, 0.4) is 0 Å². The molecule has 0 radical (unpaired) electrons. The summed E-state index contributed by atoms with van der Waals surface area (Å²) >= 11 is 1.51. The van der Waals surface area contributed by atoms with Crippen molar-refractivity contribution in [1.29, 1.82) is 5.26 Å². The van der Waals surface area contributed by atoms with Crippen molar-refractivity contribution in [1.82, 2.24) is 5.32 Å². The largest absolute Gasteiger partial charge is 0.396 e. The second-order valence-corrected chi connectivity index (χ2v) is 5.85. The zero-order chi connectivity index (χ0) is 12.2. The summed E-state index contributed by atoms with van der Waals surface area (Å²) in [5, 5.41) is 21.2. The van der Waals surface area contributed by atoms with Gasteiger partial charge in [0.25, 0.3) is 0 Å². The fraction of sp³-hybridized carbons (Fsp3) is 0.583. The number of nitrogens with zero attached hydrogens (tertiary/aromatic N) is 1. The van der Waals surface area contributed by atoms with Gasteiger partial charge in [0.15, 0.2) is 0 Å². The molecule has 0 aromatic carbocycles. The van der Waals surface area contributed by atoms with Gasteiger partial charge in [-0.3, -0.25) is 0 Å². The highest BCUT2D eigenvalue weighted by Crippen LogP contribution is 2.23. The molecule has 0 bridgehead atoms. The van der Waals surface area contributed by atoms with Gasteiger partial charge in [0.1, 0.15) is 10.9 Å². The quantitative estimate of drug-likeness (QED) is 0.827. The average Bonchev–Trinajstić information content (AvgIpc) is 2.74. The van der Waals surface area contributed by atoms with E-state index in [-0.39, 0.29) is 18.1 Å². The molecule has 1 rings (SSSR count). The van der Waals surface area contributed by atoms with E-state index in [9.17, 15) is 0 Å². The molecule has 0 aliphatic carbocycles. The second-order valence-electron chi connectivity index (χ2n) is 4.74. The van der Waals surface area contributed by atoms with Crippen LogP contribution in [0.1, 0.15) is 36.6 Å². The molecule has 1 heterocycles. The van der Waals surface area contributed by atoms with E-state index in [2.05, 4.69) is 18.3 Å². The number of thiophene rings is 1. The minimum atomic E-state index is -0.108. The maximum absolute atomic E-state index is 9.14. The Morgan fingerprint density at radius 1 is 1.56 bits per heavy atom. The first-order valence-corrected chi connectivity index (χ1v) is 6.14. The van der Waals surface area contributed by atoms with Gasteiger partial charge in [-0.05, 0) is 19.1 Å². The van der Waals surface area contributed by atoms with E-state index in [1.165, 1.54) is 11.3 Å². The Bertz CT molecular complexity index is 379. The van der Waals surface area contributed by atoms with Crippen LogP contribution < -0.4 is 5.32 Å². The van der Waals surface area contributed by atoms with Crippen molar-refractivity contribution in [2.24, 2.45) is 5.41 Å². The van der Waals surface area contributed by atoms with Crippen LogP contribution in [0.4, 0.5) is 0 Å². The van der Waals surface area contributed by atoms with Crippen LogP contribution in [0, 0.1) is 16.7 Å². The van der Waals surface area contributed by atoms with Crippen molar-refractivity contribution < 1.29 is 5.11 Å². The van der Waals surface area contributed by atoms with E-state index in [0.717, 1.165) is 16.3 Å². The van der Waals surface area contributed by atoms with Crippen LogP contribution in [0.25, 0.3) is 0 Å². The first kappa shape index (κ1) is 13.2. The highest BCUT2D eigenvalue weighted by atomic mass is 32.1. The van der Waals surface area contributed by atoms with Gasteiger partial charge in [0.2, 0.25) is 0 Å². The van der Waals surface area contributed by atoms with Crippen LogP contribution >= 0.6 is 11.3 Å². The predicted molar refractivity (Wildman–Crippen MR) is 66.3 cm³/mol. The summed E-state index contributed by atoms with van der Waals surface area (Å²) < 4.78 is 0. The number of hydrogen-bond acceptors (Lipinski definition) is 4. The van der Waals surface area contributed by atoms with Crippen molar-refractivity contribution >= 4 is 11.3 Å². The molecule has 0 fully saturated rings. The number of rotatable bonds is 5. The van der Waals surface area contributed by atoms with Gasteiger partial charge < -0.3 is 10.4 Å². The van der Waals surface area contributed by atoms with Crippen LogP contribution in [-0.4, -0.2) is 18.3 Å². The van der Waals surface area contributed by atoms with E-state index in [4.69, 9.17) is 10.4 Å². The van der Waals surface area contributed by atoms with Crippen LogP contribution in [0.5, 0.6) is 0 Å². The normalized spacial score (nSPS) is 13.4. The average molecular weight is 238 g/mol. The molecule has 0 saturated carbocycles. The first-order chi connectivity index (χ1) is 7.48. The summed E-state index contributed by atoms with van der Waals surface area (Å²) in [6.45, 7) is 7.02. The van der Waals surface area contributed by atoms with E-state index < -0.39 is 0 Å². The fourth-order valence-electron chi connectivity index (χ4n) is 1.23. The molecular weight excluding hydrogens is 220 g/mol. The zero-order valence-corrected chi connectivity index (χ0v) is 10.8. The Morgan fingerprint density at radius 2 is 2.25 bits per heavy atom. The fourth-order valence-corrected chi connectivity index (χ4v) is 2.06. The number of nitrogens with one attached hydrogen (secondary N) is 1. The van der Waals surface area contributed by atoms with Crippen molar-refractivity contribution in [3.05, 3.63) is 21.9 Å². The van der Waals surface area contributed by atoms with Crippen molar-refractivity contribution in [3.63, 3.8) is 0 Å². The molecule has 3 nitrogen and oxygen atoms in total. The summed E-state index contributed by atoms with van der Waals surface area (Å²) in [6.07, 6.45) is 0. The van der Waals surface area contributed by atoms with E-state index in [1.54, 1.807) is 0 Å². The van der Waals surface area contributed by atoms with Gasteiger partial charge in [0.05, 0.1) is 0 Å². The molecule has 0 amide bonds. The molecule has 0 aliphatic heterocycles.